The summed E-state index contributed by atoms with van der Waals surface area (Å²) in [6.45, 7) is 1.04. The molecule has 0 N–H and O–H groups in total. The van der Waals surface area contributed by atoms with E-state index in [-0.39, 0.29) is 18.6 Å². The van der Waals surface area contributed by atoms with Crippen LogP contribution in [-0.4, -0.2) is 38.9 Å². The van der Waals surface area contributed by atoms with Gasteiger partial charge in [-0.3, -0.25) is 0 Å². The van der Waals surface area contributed by atoms with Crippen LogP contribution >= 0.6 is 0 Å². The van der Waals surface area contributed by atoms with E-state index in [0.29, 0.717) is 31.7 Å². The third-order valence-corrected chi connectivity index (χ3v) is 4.50. The first-order valence-corrected chi connectivity index (χ1v) is 7.80. The molecule has 2 rings (SSSR count). The predicted molar refractivity (Wildman–Crippen MR) is 71.8 cm³/mol. The van der Waals surface area contributed by atoms with E-state index < -0.39 is 12.6 Å². The van der Waals surface area contributed by atoms with E-state index in [2.05, 4.69) is 0 Å². The topological polar surface area (TPSA) is 27.7 Å². The summed E-state index contributed by atoms with van der Waals surface area (Å²) in [6.07, 6.45) is 0.185. The molecule has 6 heteroatoms. The van der Waals surface area contributed by atoms with Crippen LogP contribution in [0.5, 0.6) is 0 Å². The molecule has 1 saturated heterocycles. The van der Waals surface area contributed by atoms with Gasteiger partial charge in [-0.25, -0.2) is 0 Å². The van der Waals surface area contributed by atoms with E-state index in [1.165, 1.54) is 0 Å². The minimum absolute atomic E-state index is 0.0962. The third-order valence-electron chi connectivity index (χ3n) is 4.50. The first-order chi connectivity index (χ1) is 9.98. The van der Waals surface area contributed by atoms with Gasteiger partial charge in [-0.2, -0.15) is 13.2 Å². The van der Waals surface area contributed by atoms with Gasteiger partial charge in [0, 0.05) is 25.4 Å². The van der Waals surface area contributed by atoms with Crippen molar-refractivity contribution < 1.29 is 27.4 Å². The van der Waals surface area contributed by atoms with Crippen LogP contribution < -0.4 is 0 Å². The average Bonchev–Trinajstić information content (AvgIpc) is 2.47. The lowest BCUT2D eigenvalue weighted by atomic mass is 9.86. The lowest BCUT2D eigenvalue weighted by Gasteiger charge is -2.37. The molecule has 1 saturated carbocycles. The molecule has 0 aromatic carbocycles. The van der Waals surface area contributed by atoms with Crippen molar-refractivity contribution in [2.75, 3.05) is 20.3 Å². The fourth-order valence-corrected chi connectivity index (χ4v) is 3.18. The molecule has 2 fully saturated rings. The van der Waals surface area contributed by atoms with Crippen LogP contribution in [0.1, 0.15) is 44.9 Å². The Morgan fingerprint density at radius 1 is 1.05 bits per heavy atom. The van der Waals surface area contributed by atoms with Crippen LogP contribution in [0.4, 0.5) is 13.2 Å². The van der Waals surface area contributed by atoms with Gasteiger partial charge in [-0.05, 0) is 38.5 Å². The summed E-state index contributed by atoms with van der Waals surface area (Å²) in [6, 6.07) is 0. The molecule has 0 aromatic heterocycles. The molecule has 1 aliphatic carbocycles. The molecule has 1 heterocycles. The number of ether oxygens (including phenoxy) is 3. The smallest absolute Gasteiger partial charge is 0.381 e. The van der Waals surface area contributed by atoms with E-state index in [1.54, 1.807) is 7.11 Å². The van der Waals surface area contributed by atoms with Crippen LogP contribution in [0.25, 0.3) is 0 Å². The van der Waals surface area contributed by atoms with Crippen molar-refractivity contribution in [3.8, 4) is 0 Å². The van der Waals surface area contributed by atoms with Crippen LogP contribution in [-0.2, 0) is 14.2 Å². The molecule has 0 amide bonds. The van der Waals surface area contributed by atoms with Crippen molar-refractivity contribution in [1.29, 1.82) is 0 Å². The van der Waals surface area contributed by atoms with Crippen molar-refractivity contribution in [3.05, 3.63) is 0 Å². The van der Waals surface area contributed by atoms with Gasteiger partial charge in [0.1, 0.15) is 0 Å². The maximum Gasteiger partial charge on any atom is 0.389 e. The van der Waals surface area contributed by atoms with Crippen LogP contribution in [0.15, 0.2) is 0 Å². The molecule has 0 bridgehead atoms. The number of halogens is 3. The summed E-state index contributed by atoms with van der Waals surface area (Å²) in [5.74, 6) is 0.492. The second-order valence-electron chi connectivity index (χ2n) is 6.18. The van der Waals surface area contributed by atoms with E-state index in [4.69, 9.17) is 14.2 Å². The average molecular weight is 310 g/mol. The van der Waals surface area contributed by atoms with Crippen molar-refractivity contribution in [3.63, 3.8) is 0 Å². The third kappa shape index (κ3) is 5.75. The Morgan fingerprint density at radius 2 is 1.67 bits per heavy atom. The highest BCUT2D eigenvalue weighted by atomic mass is 19.4. The number of alkyl halides is 3. The molecule has 0 spiro atoms. The van der Waals surface area contributed by atoms with E-state index in [0.717, 1.165) is 25.7 Å². The van der Waals surface area contributed by atoms with Gasteiger partial charge in [0.05, 0.1) is 19.3 Å². The van der Waals surface area contributed by atoms with Gasteiger partial charge in [0.2, 0.25) is 0 Å². The molecular formula is C15H25F3O3. The maximum absolute atomic E-state index is 12.1. The van der Waals surface area contributed by atoms with E-state index >= 15 is 0 Å². The molecule has 0 unspecified atom stereocenters. The number of rotatable bonds is 5. The fraction of sp³-hybridized carbons (Fsp3) is 1.00. The van der Waals surface area contributed by atoms with Gasteiger partial charge < -0.3 is 14.2 Å². The molecular weight excluding hydrogens is 285 g/mol. The summed E-state index contributed by atoms with van der Waals surface area (Å²) >= 11 is 0. The van der Waals surface area contributed by atoms with Crippen molar-refractivity contribution >= 4 is 0 Å². The zero-order valence-corrected chi connectivity index (χ0v) is 12.5. The van der Waals surface area contributed by atoms with Crippen molar-refractivity contribution in [1.82, 2.24) is 0 Å². The quantitative estimate of drug-likeness (QED) is 0.770. The fourth-order valence-electron chi connectivity index (χ4n) is 3.18. The van der Waals surface area contributed by atoms with Crippen LogP contribution in [0, 0.1) is 11.8 Å². The number of hydrogen-bond donors (Lipinski definition) is 0. The van der Waals surface area contributed by atoms with Gasteiger partial charge in [-0.15, -0.1) is 0 Å². The summed E-state index contributed by atoms with van der Waals surface area (Å²) in [7, 11) is 1.74. The van der Waals surface area contributed by atoms with Crippen LogP contribution in [0.2, 0.25) is 0 Å². The molecule has 0 radical (unpaired) electrons. The second-order valence-corrected chi connectivity index (χ2v) is 6.18. The van der Waals surface area contributed by atoms with Gasteiger partial charge in [-0.1, -0.05) is 0 Å². The van der Waals surface area contributed by atoms with Gasteiger partial charge in [0.15, 0.2) is 6.29 Å². The Bertz CT molecular complexity index is 293. The van der Waals surface area contributed by atoms with Gasteiger partial charge in [0.25, 0.3) is 0 Å². The van der Waals surface area contributed by atoms with Gasteiger partial charge >= 0.3 is 6.18 Å². The Balaban J connectivity index is 1.62. The highest BCUT2D eigenvalue weighted by molar-refractivity contribution is 4.77. The summed E-state index contributed by atoms with van der Waals surface area (Å²) in [5.41, 5.74) is 0. The lowest BCUT2D eigenvalue weighted by molar-refractivity contribution is -0.231. The molecule has 3 nitrogen and oxygen atoms in total. The second kappa shape index (κ2) is 7.79. The summed E-state index contributed by atoms with van der Waals surface area (Å²) < 4.78 is 53.1. The molecule has 1 aliphatic heterocycles. The minimum Gasteiger partial charge on any atom is -0.381 e. The minimum atomic E-state index is -4.06. The Kier molecular flexibility index (Phi) is 6.32. The lowest BCUT2D eigenvalue weighted by Crippen LogP contribution is -2.39. The molecule has 0 aromatic rings. The molecule has 21 heavy (non-hydrogen) atoms. The Labute approximate surface area is 124 Å². The Hall–Kier alpha value is -0.330. The maximum atomic E-state index is 12.1. The summed E-state index contributed by atoms with van der Waals surface area (Å²) in [4.78, 5) is 0. The van der Waals surface area contributed by atoms with E-state index in [1.807, 2.05) is 0 Å². The first-order valence-electron chi connectivity index (χ1n) is 7.80. The molecule has 2 aliphatic rings. The number of hydrogen-bond acceptors (Lipinski definition) is 3. The zero-order valence-electron chi connectivity index (χ0n) is 12.5. The van der Waals surface area contributed by atoms with E-state index in [9.17, 15) is 13.2 Å². The molecule has 0 atom stereocenters. The first kappa shape index (κ1) is 17.0. The Morgan fingerprint density at radius 3 is 2.19 bits per heavy atom. The zero-order chi connectivity index (χ0) is 15.3. The van der Waals surface area contributed by atoms with Crippen molar-refractivity contribution in [2.24, 2.45) is 11.8 Å². The van der Waals surface area contributed by atoms with Crippen molar-refractivity contribution in [2.45, 2.75) is 63.5 Å². The largest absolute Gasteiger partial charge is 0.389 e. The monoisotopic (exact) mass is 310 g/mol. The SMILES string of the molecule is COC1CCC([C@H]2OC[C@H](CCCC(F)(F)F)CO2)CC1. The highest BCUT2D eigenvalue weighted by Crippen LogP contribution is 2.33. The number of methoxy groups -OCH3 is 1. The molecule has 124 valence electrons. The normalized spacial score (nSPS) is 34.9. The standard InChI is InChI=1S/C15H25F3O3/c1-19-13-6-4-12(5-7-13)14-20-9-11(10-21-14)3-2-8-15(16,17)18/h11-14H,2-10H2,1H3/t11-,12?,13?,14-. The highest BCUT2D eigenvalue weighted by Gasteiger charge is 2.33. The van der Waals surface area contributed by atoms with Crippen LogP contribution in [0.3, 0.4) is 0 Å². The summed E-state index contributed by atoms with van der Waals surface area (Å²) in [5, 5.41) is 0. The predicted octanol–water partition coefficient (Wildman–Crippen LogP) is 3.91.